The molecule has 5 N–H and O–H groups in total. The summed E-state index contributed by atoms with van der Waals surface area (Å²) in [7, 11) is 0. The summed E-state index contributed by atoms with van der Waals surface area (Å²) in [5.74, 6) is -1.63. The van der Waals surface area contributed by atoms with Gasteiger partial charge in [-0.3, -0.25) is 10.1 Å². The highest BCUT2D eigenvalue weighted by atomic mass is 16.5. The van der Waals surface area contributed by atoms with E-state index in [2.05, 4.69) is 16.0 Å². The second-order valence-electron chi connectivity index (χ2n) is 7.02. The van der Waals surface area contributed by atoms with Crippen LogP contribution in [-0.2, 0) is 20.7 Å². The maximum Gasteiger partial charge on any atom is 0.329 e. The lowest BCUT2D eigenvalue weighted by atomic mass is 10.1. The smallest absolute Gasteiger partial charge is 0.329 e. The molecule has 0 aromatic heterocycles. The molecule has 0 spiro atoms. The van der Waals surface area contributed by atoms with Crippen LogP contribution in [0.3, 0.4) is 0 Å². The number of carbonyl (C=O) groups excluding carboxylic acids is 4. The van der Waals surface area contributed by atoms with E-state index in [0.717, 1.165) is 5.56 Å². The monoisotopic (exact) mass is 378 g/mol. The highest BCUT2D eigenvalue weighted by molar-refractivity contribution is 5.97. The van der Waals surface area contributed by atoms with E-state index in [1.54, 1.807) is 45.0 Å². The molecule has 0 unspecified atom stereocenters. The number of urea groups is 2. The molecule has 5 amide bonds. The molecule has 0 saturated heterocycles. The van der Waals surface area contributed by atoms with Gasteiger partial charge in [-0.05, 0) is 33.3 Å². The van der Waals surface area contributed by atoms with E-state index in [1.807, 2.05) is 6.07 Å². The highest BCUT2D eigenvalue weighted by Crippen LogP contribution is 2.06. The van der Waals surface area contributed by atoms with Gasteiger partial charge in [0.05, 0.1) is 0 Å². The summed E-state index contributed by atoms with van der Waals surface area (Å²) >= 11 is 0. The molecule has 0 saturated carbocycles. The van der Waals surface area contributed by atoms with Crippen molar-refractivity contribution in [2.75, 3.05) is 0 Å². The van der Waals surface area contributed by atoms with Crippen molar-refractivity contribution in [3.63, 3.8) is 0 Å². The first-order valence-corrected chi connectivity index (χ1v) is 8.41. The van der Waals surface area contributed by atoms with Crippen LogP contribution in [-0.4, -0.2) is 41.6 Å². The van der Waals surface area contributed by atoms with E-state index in [4.69, 9.17) is 10.5 Å². The first-order valence-electron chi connectivity index (χ1n) is 8.41. The number of primary amides is 1. The Kier molecular flexibility index (Phi) is 7.77. The molecule has 1 rings (SSSR count). The predicted octanol–water partition coefficient (Wildman–Crippen LogP) is 0.822. The Morgan fingerprint density at radius 2 is 1.70 bits per heavy atom. The second-order valence-corrected chi connectivity index (χ2v) is 7.02. The quantitative estimate of drug-likeness (QED) is 0.543. The lowest BCUT2D eigenvalue weighted by Crippen LogP contribution is -2.52. The zero-order valence-corrected chi connectivity index (χ0v) is 15.9. The number of amides is 5. The lowest BCUT2D eigenvalue weighted by molar-refractivity contribution is -0.156. The van der Waals surface area contributed by atoms with Crippen LogP contribution in [0.15, 0.2) is 30.3 Å². The normalized spacial score (nSPS) is 13.0. The van der Waals surface area contributed by atoms with Crippen LogP contribution < -0.4 is 21.7 Å². The van der Waals surface area contributed by atoms with Crippen molar-refractivity contribution in [2.24, 2.45) is 5.73 Å². The molecule has 2 atom stereocenters. The van der Waals surface area contributed by atoms with Crippen molar-refractivity contribution in [1.29, 1.82) is 0 Å². The van der Waals surface area contributed by atoms with E-state index in [0.29, 0.717) is 0 Å². The van der Waals surface area contributed by atoms with E-state index in [1.165, 1.54) is 6.92 Å². The molecule has 9 heteroatoms. The molecule has 0 aliphatic carbocycles. The molecule has 1 aromatic rings. The van der Waals surface area contributed by atoms with Gasteiger partial charge < -0.3 is 21.1 Å². The average Bonchev–Trinajstić information content (AvgIpc) is 2.52. The van der Waals surface area contributed by atoms with Crippen LogP contribution in [0, 0.1) is 0 Å². The van der Waals surface area contributed by atoms with Gasteiger partial charge in [0.15, 0.2) is 6.10 Å². The molecule has 0 heterocycles. The summed E-state index contributed by atoms with van der Waals surface area (Å²) in [5.41, 5.74) is 5.35. The minimum Gasteiger partial charge on any atom is -0.451 e. The Morgan fingerprint density at radius 3 is 2.22 bits per heavy atom. The minimum atomic E-state index is -1.24. The van der Waals surface area contributed by atoms with E-state index in [9.17, 15) is 19.2 Å². The zero-order valence-electron chi connectivity index (χ0n) is 15.9. The van der Waals surface area contributed by atoms with Crippen molar-refractivity contribution in [2.45, 2.75) is 51.8 Å². The molecule has 1 aromatic carbocycles. The van der Waals surface area contributed by atoms with Crippen LogP contribution in [0.5, 0.6) is 0 Å². The summed E-state index contributed by atoms with van der Waals surface area (Å²) in [5, 5.41) is 6.95. The van der Waals surface area contributed by atoms with Crippen LogP contribution in [0.25, 0.3) is 0 Å². The predicted molar refractivity (Wildman–Crippen MR) is 98.6 cm³/mol. The second kappa shape index (κ2) is 9.56. The van der Waals surface area contributed by atoms with E-state index >= 15 is 0 Å². The van der Waals surface area contributed by atoms with Crippen LogP contribution in [0.4, 0.5) is 9.59 Å². The SMILES string of the molecule is C[C@H](OC(=O)[C@H](Cc1ccccc1)NC(N)=O)C(=O)NC(=O)NC(C)(C)C. The average molecular weight is 378 g/mol. The molecule has 27 heavy (non-hydrogen) atoms. The van der Waals surface area contributed by atoms with Gasteiger partial charge in [-0.15, -0.1) is 0 Å². The largest absolute Gasteiger partial charge is 0.451 e. The van der Waals surface area contributed by atoms with Crippen molar-refractivity contribution < 1.29 is 23.9 Å². The van der Waals surface area contributed by atoms with Gasteiger partial charge in [-0.2, -0.15) is 0 Å². The van der Waals surface area contributed by atoms with Gasteiger partial charge >= 0.3 is 18.0 Å². The fraction of sp³-hybridized carbons (Fsp3) is 0.444. The van der Waals surface area contributed by atoms with E-state index in [-0.39, 0.29) is 6.42 Å². The third-order valence-corrected chi connectivity index (χ3v) is 3.27. The molecular weight excluding hydrogens is 352 g/mol. The Bertz CT molecular complexity index is 685. The van der Waals surface area contributed by atoms with Gasteiger partial charge in [0.25, 0.3) is 5.91 Å². The highest BCUT2D eigenvalue weighted by Gasteiger charge is 2.27. The molecule has 9 nitrogen and oxygen atoms in total. The van der Waals surface area contributed by atoms with E-state index < -0.39 is 41.6 Å². The molecule has 0 aliphatic heterocycles. The fourth-order valence-corrected chi connectivity index (χ4v) is 2.11. The standard InChI is InChI=1S/C18H26N4O5/c1-11(14(23)21-17(26)22-18(2,3)4)27-15(24)13(20-16(19)25)10-12-8-6-5-7-9-12/h5-9,11,13H,10H2,1-4H3,(H3,19,20,25)(H2,21,22,23,26)/t11-,13-/m0/s1. The summed E-state index contributed by atoms with van der Waals surface area (Å²) in [4.78, 5) is 47.3. The fourth-order valence-electron chi connectivity index (χ4n) is 2.11. The van der Waals surface area contributed by atoms with Crippen LogP contribution >= 0.6 is 0 Å². The first-order chi connectivity index (χ1) is 12.5. The minimum absolute atomic E-state index is 0.140. The van der Waals surface area contributed by atoms with Gasteiger partial charge in [-0.1, -0.05) is 30.3 Å². The van der Waals surface area contributed by atoms with Crippen LogP contribution in [0.2, 0.25) is 0 Å². The summed E-state index contributed by atoms with van der Waals surface area (Å²) in [6, 6.07) is 6.27. The van der Waals surface area contributed by atoms with Crippen molar-refractivity contribution in [3.05, 3.63) is 35.9 Å². The summed E-state index contributed by atoms with van der Waals surface area (Å²) in [6.45, 7) is 6.58. The third-order valence-electron chi connectivity index (χ3n) is 3.27. The first kappa shape index (κ1) is 21.9. The third kappa shape index (κ3) is 8.70. The Morgan fingerprint density at radius 1 is 1.11 bits per heavy atom. The number of rotatable bonds is 6. The number of carbonyl (C=O) groups is 4. The summed E-state index contributed by atoms with van der Waals surface area (Å²) < 4.78 is 5.08. The number of nitrogens with two attached hydrogens (primary N) is 1. The number of ether oxygens (including phenoxy) is 1. The number of benzene rings is 1. The molecular formula is C18H26N4O5. The number of nitrogens with one attached hydrogen (secondary N) is 3. The molecule has 0 aliphatic rings. The number of esters is 1. The topological polar surface area (TPSA) is 140 Å². The number of hydrogen-bond donors (Lipinski definition) is 4. The maximum atomic E-state index is 12.3. The Labute approximate surface area is 158 Å². The van der Waals surface area contributed by atoms with Gasteiger partial charge in [-0.25, -0.2) is 14.4 Å². The summed E-state index contributed by atoms with van der Waals surface area (Å²) in [6.07, 6.45) is -1.10. The number of hydrogen-bond acceptors (Lipinski definition) is 5. The van der Waals surface area contributed by atoms with Gasteiger partial charge in [0.2, 0.25) is 0 Å². The van der Waals surface area contributed by atoms with Crippen molar-refractivity contribution >= 4 is 23.9 Å². The van der Waals surface area contributed by atoms with Gasteiger partial charge in [0, 0.05) is 12.0 Å². The Balaban J connectivity index is 2.69. The maximum absolute atomic E-state index is 12.3. The van der Waals surface area contributed by atoms with Crippen LogP contribution in [0.1, 0.15) is 33.3 Å². The molecule has 148 valence electrons. The molecule has 0 fully saturated rings. The molecule has 0 bridgehead atoms. The zero-order chi connectivity index (χ0) is 20.6. The van der Waals surface area contributed by atoms with Crippen molar-refractivity contribution in [3.8, 4) is 0 Å². The Hall–Kier alpha value is -3.10. The lowest BCUT2D eigenvalue weighted by Gasteiger charge is -2.22. The number of imide groups is 1. The molecule has 0 radical (unpaired) electrons. The van der Waals surface area contributed by atoms with Gasteiger partial charge in [0.1, 0.15) is 6.04 Å². The van der Waals surface area contributed by atoms with Crippen molar-refractivity contribution in [1.82, 2.24) is 16.0 Å².